The molecule has 0 aromatic carbocycles. The predicted molar refractivity (Wildman–Crippen MR) is 220 cm³/mol. The summed E-state index contributed by atoms with van der Waals surface area (Å²) in [5, 5.41) is 0. The Kier molecular flexibility index (Phi) is 36.8. The van der Waals surface area contributed by atoms with Crippen LogP contribution in [-0.4, -0.2) is 68.3 Å². The van der Waals surface area contributed by atoms with Crippen LogP contribution < -0.4 is 0 Å². The van der Waals surface area contributed by atoms with Gasteiger partial charge in [0.25, 0.3) is 0 Å². The molecule has 0 aromatic rings. The molecule has 0 aliphatic rings. The number of hydrogen-bond donors (Lipinski definition) is 1. The van der Waals surface area contributed by atoms with E-state index in [1.54, 1.807) is 0 Å². The van der Waals surface area contributed by atoms with E-state index in [0.29, 0.717) is 19.4 Å². The fourth-order valence-corrected chi connectivity index (χ4v) is 6.13. The zero-order valence-electron chi connectivity index (χ0n) is 34.2. The summed E-state index contributed by atoms with van der Waals surface area (Å²) in [6.45, 7) is 4.22. The van der Waals surface area contributed by atoms with Crippen LogP contribution in [0.1, 0.15) is 168 Å². The number of ether oxygens (including phenoxy) is 2. The highest BCUT2D eigenvalue weighted by molar-refractivity contribution is 7.47. The van der Waals surface area contributed by atoms with E-state index < -0.39 is 32.5 Å². The number of likely N-dealkylation sites (N-methyl/N-ethyl adjacent to an activating group) is 1. The maximum Gasteiger partial charge on any atom is 0.472 e. The molecule has 0 fully saturated rings. The number of phosphoric ester groups is 1. The summed E-state index contributed by atoms with van der Waals surface area (Å²) < 4.78 is 33.3. The average molecular weight is 768 g/mol. The molecule has 0 heterocycles. The summed E-state index contributed by atoms with van der Waals surface area (Å²) in [6.07, 6.45) is 41.6. The fourth-order valence-electron chi connectivity index (χ4n) is 5.38. The number of hydrogen-bond acceptors (Lipinski definition) is 8. The second-order valence-corrected chi connectivity index (χ2v) is 15.6. The molecule has 0 amide bonds. The molecule has 0 saturated carbocycles. The summed E-state index contributed by atoms with van der Waals surface area (Å²) in [4.78, 5) is 36.9. The van der Waals surface area contributed by atoms with Crippen LogP contribution >= 0.6 is 7.82 Å². The molecule has 53 heavy (non-hydrogen) atoms. The molecule has 0 aliphatic heterocycles. The van der Waals surface area contributed by atoms with Gasteiger partial charge in [0, 0.05) is 19.4 Å². The first-order chi connectivity index (χ1) is 25.7. The van der Waals surface area contributed by atoms with E-state index in [0.717, 1.165) is 38.5 Å². The summed E-state index contributed by atoms with van der Waals surface area (Å²) in [6, 6.07) is 0. The number of rotatable bonds is 38. The number of nitrogens with zero attached hydrogens (tertiary/aromatic N) is 1. The summed E-state index contributed by atoms with van der Waals surface area (Å²) in [7, 11) is -0.734. The highest BCUT2D eigenvalue weighted by Crippen LogP contribution is 2.43. The molecule has 10 heteroatoms. The van der Waals surface area contributed by atoms with Gasteiger partial charge < -0.3 is 19.3 Å². The molecular formula is C43H78NO8P. The fraction of sp³-hybridized carbons (Fsp3) is 0.767. The van der Waals surface area contributed by atoms with Crippen molar-refractivity contribution in [1.82, 2.24) is 4.90 Å². The molecule has 0 aliphatic carbocycles. The van der Waals surface area contributed by atoms with Crippen LogP contribution in [0.25, 0.3) is 0 Å². The minimum absolute atomic E-state index is 0.00128. The quantitative estimate of drug-likeness (QED) is 0.0284. The van der Waals surface area contributed by atoms with Crippen LogP contribution in [0, 0.1) is 0 Å². The lowest BCUT2D eigenvalue weighted by atomic mass is 10.0. The maximum atomic E-state index is 12.6. The van der Waals surface area contributed by atoms with Crippen molar-refractivity contribution < 1.29 is 37.6 Å². The average Bonchev–Trinajstić information content (AvgIpc) is 3.12. The second-order valence-electron chi connectivity index (χ2n) is 14.2. The zero-order valence-corrected chi connectivity index (χ0v) is 35.1. The number of unbranched alkanes of at least 4 members (excludes halogenated alkanes) is 16. The minimum Gasteiger partial charge on any atom is -0.462 e. The number of phosphoric acid groups is 1. The monoisotopic (exact) mass is 768 g/mol. The highest BCUT2D eigenvalue weighted by atomic mass is 31.2. The number of carbonyl (C=O) groups is 2. The lowest BCUT2D eigenvalue weighted by Gasteiger charge is -2.20. The molecule has 1 N–H and O–H groups in total. The van der Waals surface area contributed by atoms with Gasteiger partial charge in [-0.15, -0.1) is 0 Å². The van der Waals surface area contributed by atoms with E-state index in [2.05, 4.69) is 62.5 Å². The lowest BCUT2D eigenvalue weighted by Crippen LogP contribution is -2.29. The van der Waals surface area contributed by atoms with Crippen molar-refractivity contribution >= 4 is 19.8 Å². The van der Waals surface area contributed by atoms with E-state index >= 15 is 0 Å². The predicted octanol–water partition coefficient (Wildman–Crippen LogP) is 11.8. The molecule has 0 aromatic heterocycles. The molecule has 0 saturated heterocycles. The van der Waals surface area contributed by atoms with Gasteiger partial charge in [-0.05, 0) is 65.5 Å². The Labute approximate surface area is 324 Å². The molecule has 308 valence electrons. The lowest BCUT2D eigenvalue weighted by molar-refractivity contribution is -0.161. The van der Waals surface area contributed by atoms with Crippen LogP contribution in [0.2, 0.25) is 0 Å². The third kappa shape index (κ3) is 39.5. The van der Waals surface area contributed by atoms with Crippen molar-refractivity contribution in [3.63, 3.8) is 0 Å². The van der Waals surface area contributed by atoms with E-state index in [4.69, 9.17) is 18.5 Å². The molecule has 0 rings (SSSR count). The van der Waals surface area contributed by atoms with Gasteiger partial charge in [0.1, 0.15) is 6.61 Å². The van der Waals surface area contributed by atoms with Crippen LogP contribution in [-0.2, 0) is 32.7 Å². The normalized spacial score (nSPS) is 13.9. The van der Waals surface area contributed by atoms with Crippen molar-refractivity contribution in [3.05, 3.63) is 48.6 Å². The third-order valence-corrected chi connectivity index (χ3v) is 9.62. The van der Waals surface area contributed by atoms with Gasteiger partial charge in [-0.3, -0.25) is 18.6 Å². The van der Waals surface area contributed by atoms with Crippen molar-refractivity contribution in [2.75, 3.05) is 40.5 Å². The van der Waals surface area contributed by atoms with E-state index in [1.165, 1.54) is 89.9 Å². The number of esters is 2. The van der Waals surface area contributed by atoms with Gasteiger partial charge in [0.05, 0.1) is 13.2 Å². The van der Waals surface area contributed by atoms with Crippen LogP contribution in [0.5, 0.6) is 0 Å². The molecule has 2 unspecified atom stereocenters. The number of carbonyl (C=O) groups excluding carboxylic acids is 2. The van der Waals surface area contributed by atoms with E-state index in [9.17, 15) is 19.0 Å². The van der Waals surface area contributed by atoms with E-state index in [1.807, 2.05) is 19.0 Å². The third-order valence-electron chi connectivity index (χ3n) is 8.64. The Bertz CT molecular complexity index is 1030. The van der Waals surface area contributed by atoms with Gasteiger partial charge in [0.15, 0.2) is 6.10 Å². The molecule has 0 spiro atoms. The number of allylic oxidation sites excluding steroid dienone is 8. The minimum atomic E-state index is -4.37. The Morgan fingerprint density at radius 3 is 1.57 bits per heavy atom. The first-order valence-electron chi connectivity index (χ1n) is 20.9. The Balaban J connectivity index is 4.41. The first kappa shape index (κ1) is 51.0. The standard InChI is InChI=1S/C43H78NO8P/c1-5-7-9-11-13-15-17-19-20-21-22-24-25-27-29-31-33-35-42(45)49-39-41(40-51-53(47,48)50-38-37-44(3)4)52-43(46)36-34-32-30-28-26-23-18-16-14-12-10-8-6-2/h13,15,19-20,22,24,27,29,41H,5-12,14,16-18,21,23,25-26,28,30-40H2,1-4H3,(H,47,48)/b15-13-,20-19-,24-22-,29-27-. The SMILES string of the molecule is CCCCC/C=C\C/C=C\C/C=C\C/C=C\CCCC(=O)OCC(COP(=O)(O)OCCN(C)C)OC(=O)CCCCCCCCCCCCCCC. The Hall–Kier alpha value is -2.03. The van der Waals surface area contributed by atoms with Crippen molar-refractivity contribution in [2.45, 2.75) is 174 Å². The summed E-state index contributed by atoms with van der Waals surface area (Å²) in [5.41, 5.74) is 0. The van der Waals surface area contributed by atoms with Crippen LogP contribution in [0.3, 0.4) is 0 Å². The smallest absolute Gasteiger partial charge is 0.462 e. The summed E-state index contributed by atoms with van der Waals surface area (Å²) >= 11 is 0. The summed E-state index contributed by atoms with van der Waals surface area (Å²) in [5.74, 6) is -0.868. The molecule has 2 atom stereocenters. The van der Waals surface area contributed by atoms with Gasteiger partial charge in [-0.25, -0.2) is 4.57 Å². The van der Waals surface area contributed by atoms with Gasteiger partial charge in [-0.1, -0.05) is 152 Å². The molecule has 9 nitrogen and oxygen atoms in total. The van der Waals surface area contributed by atoms with Crippen molar-refractivity contribution in [3.8, 4) is 0 Å². The highest BCUT2D eigenvalue weighted by Gasteiger charge is 2.26. The van der Waals surface area contributed by atoms with Gasteiger partial charge in [-0.2, -0.15) is 0 Å². The molecular weight excluding hydrogens is 689 g/mol. The maximum absolute atomic E-state index is 12.6. The van der Waals surface area contributed by atoms with Crippen LogP contribution in [0.15, 0.2) is 48.6 Å². The topological polar surface area (TPSA) is 112 Å². The van der Waals surface area contributed by atoms with Gasteiger partial charge in [0.2, 0.25) is 0 Å². The van der Waals surface area contributed by atoms with Gasteiger partial charge >= 0.3 is 19.8 Å². The van der Waals surface area contributed by atoms with Crippen LogP contribution in [0.4, 0.5) is 0 Å². The molecule has 0 bridgehead atoms. The zero-order chi connectivity index (χ0) is 39.1. The van der Waals surface area contributed by atoms with Crippen molar-refractivity contribution in [1.29, 1.82) is 0 Å². The second kappa shape index (κ2) is 38.3. The largest absolute Gasteiger partial charge is 0.472 e. The van der Waals surface area contributed by atoms with E-state index in [-0.39, 0.29) is 26.1 Å². The van der Waals surface area contributed by atoms with Crippen molar-refractivity contribution in [2.24, 2.45) is 0 Å². The first-order valence-corrected chi connectivity index (χ1v) is 22.4. The Morgan fingerprint density at radius 2 is 1.04 bits per heavy atom. The Morgan fingerprint density at radius 1 is 0.585 bits per heavy atom. The molecule has 0 radical (unpaired) electrons.